The number of carbonyl (C=O) groups excluding carboxylic acids is 1. The van der Waals surface area contributed by atoms with Gasteiger partial charge in [0, 0.05) is 31.5 Å². The molecule has 1 aliphatic rings. The Kier molecular flexibility index (Phi) is 5.00. The number of imidazole rings is 1. The molecule has 1 amide bonds. The first-order valence-electron chi connectivity index (χ1n) is 8.51. The van der Waals surface area contributed by atoms with Crippen LogP contribution in [-0.2, 0) is 9.53 Å². The third-order valence-corrected chi connectivity index (χ3v) is 4.50. The Labute approximate surface area is 142 Å². The molecule has 0 unspecified atom stereocenters. The van der Waals surface area contributed by atoms with Crippen molar-refractivity contribution < 1.29 is 9.53 Å². The second-order valence-corrected chi connectivity index (χ2v) is 7.01. The summed E-state index contributed by atoms with van der Waals surface area (Å²) in [6, 6.07) is 10.2. The highest BCUT2D eigenvalue weighted by molar-refractivity contribution is 5.77. The topological polar surface area (TPSA) is 67.0 Å². The van der Waals surface area contributed by atoms with Gasteiger partial charge in [0.25, 0.3) is 0 Å². The first-order valence-corrected chi connectivity index (χ1v) is 8.51. The lowest BCUT2D eigenvalue weighted by atomic mass is 9.92. The van der Waals surface area contributed by atoms with Crippen LogP contribution in [0.15, 0.2) is 42.7 Å². The molecule has 2 aromatic rings. The van der Waals surface area contributed by atoms with E-state index in [0.717, 1.165) is 24.2 Å². The highest BCUT2D eigenvalue weighted by atomic mass is 16.5. The Bertz CT molecular complexity index is 653. The first kappa shape index (κ1) is 16.7. The van der Waals surface area contributed by atoms with Crippen molar-refractivity contribution in [3.63, 3.8) is 0 Å². The van der Waals surface area contributed by atoms with Gasteiger partial charge in [-0.25, -0.2) is 4.98 Å². The third-order valence-electron chi connectivity index (χ3n) is 4.50. The molecule has 1 aromatic heterocycles. The minimum absolute atomic E-state index is 0.0583. The molecule has 24 heavy (non-hydrogen) atoms. The zero-order chi connectivity index (χ0) is 17.0. The lowest BCUT2D eigenvalue weighted by molar-refractivity contribution is -0.124. The molecule has 2 atom stereocenters. The van der Waals surface area contributed by atoms with E-state index in [4.69, 9.17) is 4.74 Å². The second kappa shape index (κ2) is 7.18. The Morgan fingerprint density at radius 2 is 2.21 bits per heavy atom. The molecule has 1 saturated heterocycles. The summed E-state index contributed by atoms with van der Waals surface area (Å²) in [5, 5.41) is 3.18. The van der Waals surface area contributed by atoms with Crippen LogP contribution < -0.4 is 5.32 Å². The first-order chi connectivity index (χ1) is 11.5. The predicted molar refractivity (Wildman–Crippen MR) is 92.7 cm³/mol. The number of carbonyl (C=O) groups is 1. The lowest BCUT2D eigenvalue weighted by Crippen LogP contribution is -2.46. The molecule has 0 radical (unpaired) electrons. The number of ether oxygens (including phenoxy) is 1. The van der Waals surface area contributed by atoms with Gasteiger partial charge in [0.1, 0.15) is 5.82 Å². The molecule has 0 spiro atoms. The van der Waals surface area contributed by atoms with Gasteiger partial charge >= 0.3 is 0 Å². The number of aromatic amines is 1. The normalized spacial score (nSPS) is 21.2. The van der Waals surface area contributed by atoms with Crippen molar-refractivity contribution in [2.75, 3.05) is 6.61 Å². The molecular weight excluding hydrogens is 302 g/mol. The zero-order valence-electron chi connectivity index (χ0n) is 14.3. The van der Waals surface area contributed by atoms with Gasteiger partial charge < -0.3 is 15.0 Å². The maximum Gasteiger partial charge on any atom is 0.221 e. The van der Waals surface area contributed by atoms with Crippen LogP contribution in [0.25, 0.3) is 0 Å². The van der Waals surface area contributed by atoms with Gasteiger partial charge in [0.05, 0.1) is 11.5 Å². The molecular formula is C19H25N3O2. The molecule has 0 aliphatic carbocycles. The summed E-state index contributed by atoms with van der Waals surface area (Å²) in [6.07, 6.45) is 5.62. The smallest absolute Gasteiger partial charge is 0.221 e. The molecule has 0 bridgehead atoms. The highest BCUT2D eigenvalue weighted by Crippen LogP contribution is 2.27. The Morgan fingerprint density at radius 1 is 1.42 bits per heavy atom. The number of aromatic nitrogens is 2. The highest BCUT2D eigenvalue weighted by Gasteiger charge is 2.30. The van der Waals surface area contributed by atoms with Crippen molar-refractivity contribution in [1.82, 2.24) is 15.3 Å². The van der Waals surface area contributed by atoms with Crippen molar-refractivity contribution in [2.24, 2.45) is 0 Å². The number of amides is 1. The second-order valence-electron chi connectivity index (χ2n) is 7.01. The fraction of sp³-hybridized carbons (Fsp3) is 0.474. The lowest BCUT2D eigenvalue weighted by Gasteiger charge is -2.36. The number of rotatable bonds is 5. The molecule has 3 rings (SSSR count). The maximum absolute atomic E-state index is 12.6. The van der Waals surface area contributed by atoms with E-state index in [0.29, 0.717) is 13.0 Å². The van der Waals surface area contributed by atoms with E-state index < -0.39 is 0 Å². The minimum atomic E-state index is -0.171. The molecule has 0 saturated carbocycles. The van der Waals surface area contributed by atoms with Crippen LogP contribution in [0, 0.1) is 0 Å². The van der Waals surface area contributed by atoms with Crippen LogP contribution in [-0.4, -0.2) is 34.1 Å². The molecule has 2 heterocycles. The van der Waals surface area contributed by atoms with Crippen LogP contribution in [0.1, 0.15) is 50.4 Å². The number of hydrogen-bond acceptors (Lipinski definition) is 3. The number of H-pyrrole nitrogens is 1. The predicted octanol–water partition coefficient (Wildman–Crippen LogP) is 3.01. The fourth-order valence-electron chi connectivity index (χ4n) is 3.35. The average Bonchev–Trinajstić information content (AvgIpc) is 3.06. The van der Waals surface area contributed by atoms with Crippen molar-refractivity contribution >= 4 is 5.91 Å². The Hall–Kier alpha value is -2.14. The molecule has 5 nitrogen and oxygen atoms in total. The summed E-state index contributed by atoms with van der Waals surface area (Å²) in [5.41, 5.74) is 0.922. The van der Waals surface area contributed by atoms with E-state index in [9.17, 15) is 4.79 Å². The number of benzene rings is 1. The summed E-state index contributed by atoms with van der Waals surface area (Å²) in [4.78, 5) is 20.1. The quantitative estimate of drug-likeness (QED) is 0.887. The summed E-state index contributed by atoms with van der Waals surface area (Å²) >= 11 is 0. The third kappa shape index (κ3) is 4.23. The molecule has 1 fully saturated rings. The number of nitrogens with one attached hydrogen (secondary N) is 2. The van der Waals surface area contributed by atoms with Gasteiger partial charge in [0.2, 0.25) is 5.91 Å². The largest absolute Gasteiger partial charge is 0.375 e. The van der Waals surface area contributed by atoms with E-state index >= 15 is 0 Å². The zero-order valence-corrected chi connectivity index (χ0v) is 14.3. The van der Waals surface area contributed by atoms with Crippen LogP contribution in [0.2, 0.25) is 0 Å². The van der Waals surface area contributed by atoms with Crippen LogP contribution in [0.4, 0.5) is 0 Å². The minimum Gasteiger partial charge on any atom is -0.375 e. The number of nitrogens with zero attached hydrogens (tertiary/aromatic N) is 1. The number of hydrogen-bond donors (Lipinski definition) is 2. The monoisotopic (exact) mass is 327 g/mol. The summed E-state index contributed by atoms with van der Waals surface area (Å²) in [5.74, 6) is 0.820. The van der Waals surface area contributed by atoms with Crippen molar-refractivity contribution in [1.29, 1.82) is 0 Å². The molecule has 5 heteroatoms. The van der Waals surface area contributed by atoms with Crippen molar-refractivity contribution in [3.8, 4) is 0 Å². The summed E-state index contributed by atoms with van der Waals surface area (Å²) in [6.45, 7) is 4.83. The van der Waals surface area contributed by atoms with Crippen LogP contribution >= 0.6 is 0 Å². The van der Waals surface area contributed by atoms with E-state index in [-0.39, 0.29) is 23.5 Å². The molecule has 1 aromatic carbocycles. The fourth-order valence-corrected chi connectivity index (χ4v) is 3.35. The van der Waals surface area contributed by atoms with E-state index in [1.807, 2.05) is 30.3 Å². The van der Waals surface area contributed by atoms with E-state index in [1.54, 1.807) is 12.4 Å². The SMILES string of the molecule is CC1(C)C[C@@H](NC(=O)C[C@@H](c2ccccc2)c2ncc[nH]2)CCO1. The van der Waals surface area contributed by atoms with Crippen LogP contribution in [0.5, 0.6) is 0 Å². The van der Waals surface area contributed by atoms with Gasteiger partial charge in [-0.05, 0) is 32.3 Å². The Morgan fingerprint density at radius 3 is 2.88 bits per heavy atom. The van der Waals surface area contributed by atoms with Crippen LogP contribution in [0.3, 0.4) is 0 Å². The van der Waals surface area contributed by atoms with E-state index in [2.05, 4.69) is 29.1 Å². The standard InChI is InChI=1S/C19H25N3O2/c1-19(2)13-15(8-11-24-19)22-17(23)12-16(18-20-9-10-21-18)14-6-4-3-5-7-14/h3-7,9-10,15-16H,8,11-13H2,1-2H3,(H,20,21)(H,22,23)/t15-,16-/m0/s1. The molecule has 128 valence electrons. The maximum atomic E-state index is 12.6. The van der Waals surface area contributed by atoms with Crippen molar-refractivity contribution in [2.45, 2.75) is 50.7 Å². The Balaban J connectivity index is 1.68. The van der Waals surface area contributed by atoms with Crippen molar-refractivity contribution in [3.05, 3.63) is 54.1 Å². The molecule has 1 aliphatic heterocycles. The van der Waals surface area contributed by atoms with Gasteiger partial charge in [-0.3, -0.25) is 4.79 Å². The summed E-state index contributed by atoms with van der Waals surface area (Å²) in [7, 11) is 0. The summed E-state index contributed by atoms with van der Waals surface area (Å²) < 4.78 is 5.72. The van der Waals surface area contributed by atoms with Gasteiger partial charge in [-0.2, -0.15) is 0 Å². The average molecular weight is 327 g/mol. The van der Waals surface area contributed by atoms with Gasteiger partial charge in [-0.15, -0.1) is 0 Å². The van der Waals surface area contributed by atoms with E-state index in [1.165, 1.54) is 0 Å². The molecule has 2 N–H and O–H groups in total. The van der Waals surface area contributed by atoms with Gasteiger partial charge in [0.15, 0.2) is 0 Å². The van der Waals surface area contributed by atoms with Gasteiger partial charge in [-0.1, -0.05) is 30.3 Å².